The first kappa shape index (κ1) is 13.0. The normalized spacial score (nSPS) is 12.4. The quantitative estimate of drug-likeness (QED) is 0.750. The summed E-state index contributed by atoms with van der Waals surface area (Å²) in [5, 5.41) is 11.5. The number of carboxylic acids is 1. The molecule has 0 spiro atoms. The maximum Gasteiger partial charge on any atom is 0.320 e. The molecular formula is C11H14FNO2S. The van der Waals surface area contributed by atoms with Crippen molar-refractivity contribution in [2.24, 2.45) is 0 Å². The van der Waals surface area contributed by atoms with E-state index in [-0.39, 0.29) is 5.82 Å². The topological polar surface area (TPSA) is 49.3 Å². The van der Waals surface area contributed by atoms with Gasteiger partial charge in [0.1, 0.15) is 11.9 Å². The second kappa shape index (κ2) is 6.50. The summed E-state index contributed by atoms with van der Waals surface area (Å²) in [5.41, 5.74) is 0. The third-order valence-corrected chi connectivity index (χ3v) is 3.14. The zero-order valence-electron chi connectivity index (χ0n) is 8.94. The summed E-state index contributed by atoms with van der Waals surface area (Å²) in [5.74, 6) is -0.489. The summed E-state index contributed by atoms with van der Waals surface area (Å²) in [6.07, 6.45) is 0.507. The lowest BCUT2D eigenvalue weighted by Gasteiger charge is -2.10. The number of carbonyl (C=O) groups is 1. The summed E-state index contributed by atoms with van der Waals surface area (Å²) >= 11 is 1.45. The maximum absolute atomic E-state index is 12.8. The Bertz CT molecular complexity index is 360. The van der Waals surface area contributed by atoms with E-state index in [0.717, 1.165) is 4.90 Å². The molecule has 0 aliphatic carbocycles. The minimum absolute atomic E-state index is 0.270. The number of rotatable bonds is 6. The van der Waals surface area contributed by atoms with Gasteiger partial charge in [0.15, 0.2) is 0 Å². The summed E-state index contributed by atoms with van der Waals surface area (Å²) in [6, 6.07) is 5.74. The summed E-state index contributed by atoms with van der Waals surface area (Å²) in [7, 11) is 1.62. The Morgan fingerprint density at radius 3 is 2.94 bits per heavy atom. The number of aliphatic carboxylic acids is 1. The molecule has 1 aromatic rings. The molecule has 2 N–H and O–H groups in total. The van der Waals surface area contributed by atoms with E-state index >= 15 is 0 Å². The molecule has 1 rings (SSSR count). The number of halogens is 1. The van der Waals surface area contributed by atoms with Gasteiger partial charge in [0.05, 0.1) is 0 Å². The molecule has 0 amide bonds. The Hall–Kier alpha value is -1.07. The van der Waals surface area contributed by atoms with E-state index in [1.54, 1.807) is 13.1 Å². The van der Waals surface area contributed by atoms with Gasteiger partial charge < -0.3 is 10.4 Å². The lowest BCUT2D eigenvalue weighted by molar-refractivity contribution is -0.139. The Balaban J connectivity index is 2.38. The molecule has 5 heteroatoms. The number of hydrogen-bond acceptors (Lipinski definition) is 3. The van der Waals surface area contributed by atoms with Gasteiger partial charge in [-0.3, -0.25) is 4.79 Å². The molecule has 0 bridgehead atoms. The van der Waals surface area contributed by atoms with Gasteiger partial charge in [-0.25, -0.2) is 4.39 Å². The fourth-order valence-electron chi connectivity index (χ4n) is 1.24. The molecule has 3 nitrogen and oxygen atoms in total. The van der Waals surface area contributed by atoms with Gasteiger partial charge in [0, 0.05) is 10.6 Å². The fourth-order valence-corrected chi connectivity index (χ4v) is 2.20. The van der Waals surface area contributed by atoms with Crippen molar-refractivity contribution in [3.63, 3.8) is 0 Å². The summed E-state index contributed by atoms with van der Waals surface area (Å²) < 4.78 is 12.8. The average molecular weight is 243 g/mol. The first-order valence-electron chi connectivity index (χ1n) is 4.92. The number of likely N-dealkylation sites (N-methyl/N-ethyl adjacent to an activating group) is 1. The smallest absolute Gasteiger partial charge is 0.320 e. The molecule has 0 heterocycles. The Kier molecular flexibility index (Phi) is 5.28. The molecule has 0 aliphatic rings. The Morgan fingerprint density at radius 1 is 1.62 bits per heavy atom. The predicted octanol–water partition coefficient (Wildman–Crippen LogP) is 1.98. The monoisotopic (exact) mass is 243 g/mol. The number of hydrogen-bond donors (Lipinski definition) is 2. The van der Waals surface area contributed by atoms with Crippen LogP contribution in [0.5, 0.6) is 0 Å². The largest absolute Gasteiger partial charge is 0.480 e. The van der Waals surface area contributed by atoms with Crippen molar-refractivity contribution in [1.82, 2.24) is 5.32 Å². The molecule has 1 atom stereocenters. The summed E-state index contributed by atoms with van der Waals surface area (Å²) in [6.45, 7) is 0. The zero-order chi connectivity index (χ0) is 12.0. The number of carboxylic acid groups (broad SMARTS) is 1. The average Bonchev–Trinajstić information content (AvgIpc) is 2.24. The molecule has 1 aromatic carbocycles. The van der Waals surface area contributed by atoms with Crippen LogP contribution in [-0.4, -0.2) is 29.9 Å². The van der Waals surface area contributed by atoms with E-state index in [1.165, 1.54) is 23.9 Å². The van der Waals surface area contributed by atoms with Crippen molar-refractivity contribution in [2.75, 3.05) is 12.8 Å². The van der Waals surface area contributed by atoms with Gasteiger partial charge in [-0.15, -0.1) is 11.8 Å². The van der Waals surface area contributed by atoms with Crippen LogP contribution in [-0.2, 0) is 4.79 Å². The minimum atomic E-state index is -0.859. The van der Waals surface area contributed by atoms with E-state index in [9.17, 15) is 9.18 Å². The van der Waals surface area contributed by atoms with Crippen molar-refractivity contribution in [1.29, 1.82) is 0 Å². The molecule has 0 aromatic heterocycles. The van der Waals surface area contributed by atoms with Crippen LogP contribution in [0.4, 0.5) is 4.39 Å². The van der Waals surface area contributed by atoms with E-state index < -0.39 is 12.0 Å². The molecule has 0 saturated carbocycles. The number of thioether (sulfide) groups is 1. The van der Waals surface area contributed by atoms with Crippen LogP contribution in [0.25, 0.3) is 0 Å². The van der Waals surface area contributed by atoms with Crippen LogP contribution in [0.2, 0.25) is 0 Å². The van der Waals surface area contributed by atoms with Crippen LogP contribution in [0.15, 0.2) is 29.2 Å². The highest BCUT2D eigenvalue weighted by molar-refractivity contribution is 7.99. The molecule has 0 saturated heterocycles. The lowest BCUT2D eigenvalue weighted by atomic mass is 10.2. The van der Waals surface area contributed by atoms with E-state index in [2.05, 4.69) is 5.32 Å². The van der Waals surface area contributed by atoms with Crippen molar-refractivity contribution in [2.45, 2.75) is 17.4 Å². The molecule has 0 fully saturated rings. The van der Waals surface area contributed by atoms with Gasteiger partial charge in [-0.05, 0) is 31.7 Å². The highest BCUT2D eigenvalue weighted by Crippen LogP contribution is 2.19. The zero-order valence-corrected chi connectivity index (χ0v) is 9.76. The second-order valence-corrected chi connectivity index (χ2v) is 4.44. The standard InChI is InChI=1S/C11H14FNO2S/c1-13-10(11(14)15)5-6-16-9-4-2-3-8(12)7-9/h2-4,7,10,13H,5-6H2,1H3,(H,14,15). The molecule has 16 heavy (non-hydrogen) atoms. The molecule has 88 valence electrons. The molecule has 0 aliphatic heterocycles. The predicted molar refractivity (Wildman–Crippen MR) is 62.2 cm³/mol. The van der Waals surface area contributed by atoms with E-state index in [4.69, 9.17) is 5.11 Å². The molecule has 0 radical (unpaired) electrons. The first-order valence-corrected chi connectivity index (χ1v) is 5.90. The van der Waals surface area contributed by atoms with Crippen molar-refractivity contribution in [3.05, 3.63) is 30.1 Å². The van der Waals surface area contributed by atoms with Gasteiger partial charge in [0.25, 0.3) is 0 Å². The van der Waals surface area contributed by atoms with Crippen LogP contribution >= 0.6 is 11.8 Å². The molecule has 1 unspecified atom stereocenters. The first-order chi connectivity index (χ1) is 7.63. The fraction of sp³-hybridized carbons (Fsp3) is 0.364. The third-order valence-electron chi connectivity index (χ3n) is 2.12. The van der Waals surface area contributed by atoms with Crippen molar-refractivity contribution < 1.29 is 14.3 Å². The van der Waals surface area contributed by atoms with Gasteiger partial charge in [0.2, 0.25) is 0 Å². The highest BCUT2D eigenvalue weighted by Gasteiger charge is 2.13. The van der Waals surface area contributed by atoms with Crippen LogP contribution < -0.4 is 5.32 Å². The van der Waals surface area contributed by atoms with Crippen LogP contribution in [0, 0.1) is 5.82 Å². The van der Waals surface area contributed by atoms with Crippen molar-refractivity contribution in [3.8, 4) is 0 Å². The summed E-state index contributed by atoms with van der Waals surface area (Å²) in [4.78, 5) is 11.5. The SMILES string of the molecule is CNC(CCSc1cccc(F)c1)C(=O)O. The third kappa shape index (κ3) is 4.20. The van der Waals surface area contributed by atoms with Gasteiger partial charge in [-0.2, -0.15) is 0 Å². The van der Waals surface area contributed by atoms with E-state index in [1.807, 2.05) is 6.07 Å². The highest BCUT2D eigenvalue weighted by atomic mass is 32.2. The van der Waals surface area contributed by atoms with Gasteiger partial charge >= 0.3 is 5.97 Å². The van der Waals surface area contributed by atoms with Crippen LogP contribution in [0.3, 0.4) is 0 Å². The van der Waals surface area contributed by atoms with Gasteiger partial charge in [-0.1, -0.05) is 6.07 Å². The Morgan fingerprint density at radius 2 is 2.38 bits per heavy atom. The number of nitrogens with one attached hydrogen (secondary N) is 1. The second-order valence-electron chi connectivity index (χ2n) is 3.27. The van der Waals surface area contributed by atoms with E-state index in [0.29, 0.717) is 12.2 Å². The van der Waals surface area contributed by atoms with Crippen molar-refractivity contribution >= 4 is 17.7 Å². The lowest BCUT2D eigenvalue weighted by Crippen LogP contribution is -2.34. The van der Waals surface area contributed by atoms with Crippen LogP contribution in [0.1, 0.15) is 6.42 Å². The number of benzene rings is 1. The Labute approximate surface area is 98.1 Å². The maximum atomic E-state index is 12.8. The molecular weight excluding hydrogens is 229 g/mol. The minimum Gasteiger partial charge on any atom is -0.480 e.